The molecule has 5 nitrogen and oxygen atoms in total. The van der Waals surface area contributed by atoms with E-state index in [0.717, 1.165) is 11.3 Å². The summed E-state index contributed by atoms with van der Waals surface area (Å²) in [4.78, 5) is 8.19. The quantitative estimate of drug-likeness (QED) is 0.874. The third-order valence-corrected chi connectivity index (χ3v) is 2.45. The number of anilines is 1. The van der Waals surface area contributed by atoms with E-state index < -0.39 is 0 Å². The maximum absolute atomic E-state index is 5.06. The molecule has 0 saturated heterocycles. The minimum absolute atomic E-state index is 0.591. The molecule has 0 spiro atoms. The van der Waals surface area contributed by atoms with Gasteiger partial charge in [-0.25, -0.2) is 9.97 Å². The van der Waals surface area contributed by atoms with E-state index in [4.69, 9.17) is 9.47 Å². The van der Waals surface area contributed by atoms with E-state index in [0.29, 0.717) is 18.3 Å². The number of aromatic nitrogens is 2. The van der Waals surface area contributed by atoms with Crippen molar-refractivity contribution in [3.05, 3.63) is 42.2 Å². The second-order valence-corrected chi connectivity index (χ2v) is 3.65. The molecule has 0 fully saturated rings. The fraction of sp³-hybridized carbons (Fsp3) is 0.231. The molecule has 94 valence electrons. The molecule has 0 aliphatic carbocycles. The lowest BCUT2D eigenvalue weighted by molar-refractivity contribution is 0.397. The molecule has 0 radical (unpaired) electrons. The lowest BCUT2D eigenvalue weighted by Crippen LogP contribution is -2.01. The number of rotatable bonds is 5. The number of ether oxygens (including phenoxy) is 2. The monoisotopic (exact) mass is 245 g/mol. The summed E-state index contributed by atoms with van der Waals surface area (Å²) < 4.78 is 10.1. The summed E-state index contributed by atoms with van der Waals surface area (Å²) in [5, 5.41) is 3.27. The second-order valence-electron chi connectivity index (χ2n) is 3.65. The largest absolute Gasteiger partial charge is 0.481 e. The molecule has 0 aliphatic heterocycles. The molecule has 0 amide bonds. The Labute approximate surface area is 106 Å². The van der Waals surface area contributed by atoms with E-state index in [1.54, 1.807) is 26.6 Å². The first-order valence-corrected chi connectivity index (χ1v) is 5.54. The number of hydrogen-bond acceptors (Lipinski definition) is 5. The van der Waals surface area contributed by atoms with E-state index >= 15 is 0 Å². The fourth-order valence-electron chi connectivity index (χ4n) is 1.47. The van der Waals surface area contributed by atoms with Crippen molar-refractivity contribution in [2.75, 3.05) is 19.5 Å². The van der Waals surface area contributed by atoms with Gasteiger partial charge in [-0.3, -0.25) is 0 Å². The van der Waals surface area contributed by atoms with E-state index in [1.165, 1.54) is 0 Å². The highest BCUT2D eigenvalue weighted by molar-refractivity contribution is 5.45. The molecule has 0 bridgehead atoms. The molecular formula is C13H15N3O2. The molecule has 0 aliphatic rings. The van der Waals surface area contributed by atoms with Gasteiger partial charge in [0.25, 0.3) is 0 Å². The molecule has 2 heterocycles. The van der Waals surface area contributed by atoms with Gasteiger partial charge < -0.3 is 14.8 Å². The van der Waals surface area contributed by atoms with Crippen LogP contribution in [-0.2, 0) is 6.54 Å². The van der Waals surface area contributed by atoms with Crippen LogP contribution in [0.25, 0.3) is 0 Å². The fourth-order valence-corrected chi connectivity index (χ4v) is 1.47. The summed E-state index contributed by atoms with van der Waals surface area (Å²) in [5.74, 6) is 1.21. The van der Waals surface area contributed by atoms with Gasteiger partial charge in [0.15, 0.2) is 0 Å². The molecule has 0 atom stereocenters. The molecule has 0 saturated carbocycles. The highest BCUT2D eigenvalue weighted by Crippen LogP contribution is 2.15. The van der Waals surface area contributed by atoms with Crippen molar-refractivity contribution in [1.82, 2.24) is 9.97 Å². The molecule has 0 unspecified atom stereocenters. The number of hydrogen-bond donors (Lipinski definition) is 1. The Morgan fingerprint density at radius 3 is 2.56 bits per heavy atom. The zero-order valence-corrected chi connectivity index (χ0v) is 10.4. The number of nitrogens with one attached hydrogen (secondary N) is 1. The third-order valence-electron chi connectivity index (χ3n) is 2.45. The normalized spacial score (nSPS) is 9.89. The number of methoxy groups -OCH3 is 2. The number of nitrogens with zero attached hydrogens (tertiary/aromatic N) is 2. The Morgan fingerprint density at radius 1 is 1.06 bits per heavy atom. The summed E-state index contributed by atoms with van der Waals surface area (Å²) in [5.41, 5.74) is 2.03. The third kappa shape index (κ3) is 3.10. The van der Waals surface area contributed by atoms with E-state index in [9.17, 15) is 0 Å². The van der Waals surface area contributed by atoms with Crippen LogP contribution in [0, 0.1) is 0 Å². The standard InChI is InChI=1S/C13H15N3O2/c1-17-12-4-3-10(9-16-12)8-15-11-5-6-14-13(7-11)18-2/h3-7,9H,8H2,1-2H3,(H,14,15). The summed E-state index contributed by atoms with van der Waals surface area (Å²) >= 11 is 0. The molecule has 18 heavy (non-hydrogen) atoms. The van der Waals surface area contributed by atoms with Crippen molar-refractivity contribution in [3.8, 4) is 11.8 Å². The molecule has 2 aromatic rings. The van der Waals surface area contributed by atoms with Gasteiger partial charge in [0.1, 0.15) is 0 Å². The maximum Gasteiger partial charge on any atom is 0.214 e. The van der Waals surface area contributed by atoms with Crippen LogP contribution in [0.4, 0.5) is 5.69 Å². The topological polar surface area (TPSA) is 56.3 Å². The zero-order valence-electron chi connectivity index (χ0n) is 10.4. The maximum atomic E-state index is 5.06. The predicted octanol–water partition coefficient (Wildman–Crippen LogP) is 2.11. The van der Waals surface area contributed by atoms with Gasteiger partial charge in [0.05, 0.1) is 14.2 Å². The second kappa shape index (κ2) is 5.86. The highest BCUT2D eigenvalue weighted by atomic mass is 16.5. The smallest absolute Gasteiger partial charge is 0.214 e. The molecule has 5 heteroatoms. The van der Waals surface area contributed by atoms with Gasteiger partial charge in [0, 0.05) is 36.8 Å². The van der Waals surface area contributed by atoms with Crippen molar-refractivity contribution in [2.45, 2.75) is 6.54 Å². The molecule has 2 rings (SSSR count). The molecule has 1 N–H and O–H groups in total. The minimum Gasteiger partial charge on any atom is -0.481 e. The SMILES string of the molecule is COc1ccc(CNc2ccnc(OC)c2)cn1. The van der Waals surface area contributed by atoms with Crippen LogP contribution in [0.3, 0.4) is 0 Å². The van der Waals surface area contributed by atoms with Crippen LogP contribution in [0.2, 0.25) is 0 Å². The molecule has 2 aromatic heterocycles. The lowest BCUT2D eigenvalue weighted by atomic mass is 10.2. The Bertz CT molecular complexity index is 500. The van der Waals surface area contributed by atoms with Crippen molar-refractivity contribution < 1.29 is 9.47 Å². The van der Waals surface area contributed by atoms with Gasteiger partial charge in [-0.1, -0.05) is 6.07 Å². The predicted molar refractivity (Wildman–Crippen MR) is 68.9 cm³/mol. The summed E-state index contributed by atoms with van der Waals surface area (Å²) in [6.07, 6.45) is 3.48. The van der Waals surface area contributed by atoms with Crippen molar-refractivity contribution in [3.63, 3.8) is 0 Å². The van der Waals surface area contributed by atoms with Gasteiger partial charge in [-0.05, 0) is 11.6 Å². The average Bonchev–Trinajstić information content (AvgIpc) is 2.46. The van der Waals surface area contributed by atoms with E-state index in [2.05, 4.69) is 15.3 Å². The molecular weight excluding hydrogens is 230 g/mol. The van der Waals surface area contributed by atoms with Crippen LogP contribution in [0.1, 0.15) is 5.56 Å². The summed E-state index contributed by atoms with van der Waals surface area (Å²) in [7, 11) is 3.20. The first-order chi connectivity index (χ1) is 8.81. The van der Waals surface area contributed by atoms with Gasteiger partial charge in [-0.15, -0.1) is 0 Å². The van der Waals surface area contributed by atoms with Crippen molar-refractivity contribution in [1.29, 1.82) is 0 Å². The van der Waals surface area contributed by atoms with E-state index in [-0.39, 0.29) is 0 Å². The van der Waals surface area contributed by atoms with Crippen LogP contribution in [-0.4, -0.2) is 24.2 Å². The average molecular weight is 245 g/mol. The first-order valence-electron chi connectivity index (χ1n) is 5.54. The van der Waals surface area contributed by atoms with Crippen LogP contribution in [0.15, 0.2) is 36.7 Å². The Balaban J connectivity index is 1.97. The van der Waals surface area contributed by atoms with Gasteiger partial charge in [-0.2, -0.15) is 0 Å². The van der Waals surface area contributed by atoms with Crippen LogP contribution < -0.4 is 14.8 Å². The Hall–Kier alpha value is -2.30. The lowest BCUT2D eigenvalue weighted by Gasteiger charge is -2.07. The van der Waals surface area contributed by atoms with Crippen LogP contribution in [0.5, 0.6) is 11.8 Å². The Kier molecular flexibility index (Phi) is 3.96. The summed E-state index contributed by atoms with van der Waals surface area (Å²) in [6, 6.07) is 7.54. The molecule has 0 aromatic carbocycles. The van der Waals surface area contributed by atoms with Gasteiger partial charge >= 0.3 is 0 Å². The van der Waals surface area contributed by atoms with Gasteiger partial charge in [0.2, 0.25) is 11.8 Å². The van der Waals surface area contributed by atoms with Crippen LogP contribution >= 0.6 is 0 Å². The summed E-state index contributed by atoms with van der Waals surface area (Å²) in [6.45, 7) is 0.685. The first kappa shape index (κ1) is 12.2. The van der Waals surface area contributed by atoms with Crippen molar-refractivity contribution in [2.24, 2.45) is 0 Å². The Morgan fingerprint density at radius 2 is 1.89 bits per heavy atom. The highest BCUT2D eigenvalue weighted by Gasteiger charge is 1.98. The van der Waals surface area contributed by atoms with Crippen molar-refractivity contribution >= 4 is 5.69 Å². The minimum atomic E-state index is 0.591. The van der Waals surface area contributed by atoms with E-state index in [1.807, 2.05) is 24.3 Å². The zero-order chi connectivity index (χ0) is 12.8. The number of pyridine rings is 2.